The number of ether oxygens (including phenoxy) is 4. The number of H-pyrrole nitrogens is 1. The number of aromatic amines is 1. The molecule has 0 aromatic carbocycles. The second-order valence-electron chi connectivity index (χ2n) is 5.51. The van der Waals surface area contributed by atoms with Gasteiger partial charge in [0.2, 0.25) is 0 Å². The van der Waals surface area contributed by atoms with Crippen molar-refractivity contribution >= 4 is 12.1 Å². The Balaban J connectivity index is 2.23. The number of hydrogen-bond acceptors (Lipinski definition) is 8. The van der Waals surface area contributed by atoms with Crippen molar-refractivity contribution in [2.45, 2.75) is 31.5 Å². The molecular formula is C16H19N3O8. The minimum absolute atomic E-state index is 0.0200. The molecule has 1 aliphatic heterocycles. The Labute approximate surface area is 153 Å². The van der Waals surface area contributed by atoms with Crippen molar-refractivity contribution in [2.75, 3.05) is 20.3 Å². The average Bonchev–Trinajstić information content (AvgIpc) is 2.94. The van der Waals surface area contributed by atoms with Crippen molar-refractivity contribution in [3.8, 4) is 12.3 Å². The molecule has 1 amide bonds. The molecule has 0 spiro atoms. The van der Waals surface area contributed by atoms with E-state index >= 15 is 0 Å². The van der Waals surface area contributed by atoms with Crippen molar-refractivity contribution in [1.29, 1.82) is 0 Å². The van der Waals surface area contributed by atoms with Crippen molar-refractivity contribution in [2.24, 2.45) is 0 Å². The highest BCUT2D eigenvalue weighted by Gasteiger charge is 2.49. The average molecular weight is 381 g/mol. The Morgan fingerprint density at radius 2 is 2.15 bits per heavy atom. The van der Waals surface area contributed by atoms with E-state index < -0.39 is 47.9 Å². The SMILES string of the molecule is C#CCNC(=O)OC[C@H]1O[C@@H](n2ccc(=O)[nH]c2=O)[C@H](OC)[C@@H]1OC(C)=O. The lowest BCUT2D eigenvalue weighted by atomic mass is 10.1. The van der Waals surface area contributed by atoms with Gasteiger partial charge in [-0.05, 0) is 0 Å². The van der Waals surface area contributed by atoms with Crippen LogP contribution in [0.1, 0.15) is 13.2 Å². The van der Waals surface area contributed by atoms with E-state index in [4.69, 9.17) is 25.4 Å². The van der Waals surface area contributed by atoms with E-state index in [1.165, 1.54) is 20.2 Å². The van der Waals surface area contributed by atoms with Crippen molar-refractivity contribution in [1.82, 2.24) is 14.9 Å². The molecule has 1 aromatic rings. The summed E-state index contributed by atoms with van der Waals surface area (Å²) >= 11 is 0. The fourth-order valence-corrected chi connectivity index (χ4v) is 2.61. The summed E-state index contributed by atoms with van der Waals surface area (Å²) in [6.07, 6.45) is 1.70. The molecule has 2 N–H and O–H groups in total. The van der Waals surface area contributed by atoms with Gasteiger partial charge in [0.1, 0.15) is 18.8 Å². The van der Waals surface area contributed by atoms with Crippen LogP contribution in [0.4, 0.5) is 4.79 Å². The molecule has 1 aliphatic rings. The lowest BCUT2D eigenvalue weighted by Crippen LogP contribution is -2.41. The molecule has 11 nitrogen and oxygen atoms in total. The third-order valence-electron chi connectivity index (χ3n) is 3.70. The van der Waals surface area contributed by atoms with Crippen molar-refractivity contribution in [3.63, 3.8) is 0 Å². The maximum absolute atomic E-state index is 12.1. The molecule has 1 saturated heterocycles. The number of hydrogen-bond donors (Lipinski definition) is 2. The van der Waals surface area contributed by atoms with Crippen LogP contribution in [0.25, 0.3) is 0 Å². The highest BCUT2D eigenvalue weighted by atomic mass is 16.6. The number of nitrogens with one attached hydrogen (secondary N) is 2. The molecule has 1 fully saturated rings. The molecule has 0 radical (unpaired) electrons. The molecule has 2 heterocycles. The van der Waals surface area contributed by atoms with Crippen LogP contribution >= 0.6 is 0 Å². The first kappa shape index (κ1) is 20.2. The third kappa shape index (κ3) is 4.96. The van der Waals surface area contributed by atoms with Crippen LogP contribution in [0.3, 0.4) is 0 Å². The quantitative estimate of drug-likeness (QED) is 0.460. The van der Waals surface area contributed by atoms with Gasteiger partial charge >= 0.3 is 17.8 Å². The smallest absolute Gasteiger partial charge is 0.407 e. The summed E-state index contributed by atoms with van der Waals surface area (Å²) < 4.78 is 22.4. The first-order chi connectivity index (χ1) is 12.9. The number of amides is 1. The van der Waals surface area contributed by atoms with E-state index in [1.54, 1.807) is 0 Å². The Bertz CT molecular complexity index is 839. The van der Waals surface area contributed by atoms with Crippen molar-refractivity contribution in [3.05, 3.63) is 33.1 Å². The number of esters is 1. The van der Waals surface area contributed by atoms with Crippen LogP contribution in [-0.4, -0.2) is 60.2 Å². The number of nitrogens with zero attached hydrogens (tertiary/aromatic N) is 1. The zero-order valence-electron chi connectivity index (χ0n) is 14.7. The zero-order valence-corrected chi connectivity index (χ0v) is 14.7. The molecule has 2 rings (SSSR count). The summed E-state index contributed by atoms with van der Waals surface area (Å²) in [6, 6.07) is 1.13. The summed E-state index contributed by atoms with van der Waals surface area (Å²) in [4.78, 5) is 48.4. The molecule has 0 unspecified atom stereocenters. The third-order valence-corrected chi connectivity index (χ3v) is 3.70. The normalized spacial score (nSPS) is 24.0. The molecule has 1 aromatic heterocycles. The second kappa shape index (κ2) is 9.02. The van der Waals surface area contributed by atoms with E-state index in [2.05, 4.69) is 16.2 Å². The van der Waals surface area contributed by atoms with Gasteiger partial charge < -0.3 is 24.3 Å². The largest absolute Gasteiger partial charge is 0.457 e. The minimum Gasteiger partial charge on any atom is -0.457 e. The predicted molar refractivity (Wildman–Crippen MR) is 89.8 cm³/mol. The minimum atomic E-state index is -1.02. The maximum atomic E-state index is 12.1. The van der Waals surface area contributed by atoms with Crippen LogP contribution in [-0.2, 0) is 23.7 Å². The van der Waals surface area contributed by atoms with Gasteiger partial charge in [0.15, 0.2) is 12.3 Å². The van der Waals surface area contributed by atoms with E-state index in [0.717, 1.165) is 10.6 Å². The summed E-state index contributed by atoms with van der Waals surface area (Å²) in [5.41, 5.74) is -1.31. The van der Waals surface area contributed by atoms with E-state index in [1.807, 2.05) is 0 Å². The number of aromatic nitrogens is 2. The molecule has 27 heavy (non-hydrogen) atoms. The first-order valence-electron chi connectivity index (χ1n) is 7.88. The van der Waals surface area contributed by atoms with E-state index in [9.17, 15) is 19.2 Å². The highest BCUT2D eigenvalue weighted by Crippen LogP contribution is 2.32. The van der Waals surface area contributed by atoms with E-state index in [-0.39, 0.29) is 13.2 Å². The van der Waals surface area contributed by atoms with Gasteiger partial charge in [-0.3, -0.25) is 19.1 Å². The van der Waals surface area contributed by atoms with Crippen LogP contribution in [0.2, 0.25) is 0 Å². The Morgan fingerprint density at radius 3 is 2.74 bits per heavy atom. The van der Waals surface area contributed by atoms with Crippen LogP contribution in [0.5, 0.6) is 0 Å². The van der Waals surface area contributed by atoms with Gasteiger partial charge in [0.25, 0.3) is 5.56 Å². The second-order valence-corrected chi connectivity index (χ2v) is 5.51. The standard InChI is InChI=1S/C16H19N3O8/c1-4-6-17-16(23)25-8-10-12(26-9(2)20)13(24-3)14(27-10)19-7-5-11(21)18-15(19)22/h1,5,7,10,12-14H,6,8H2,2-3H3,(H,17,23)(H,18,21,22)/t10-,12-,13-,14-/m1/s1. The number of carbonyl (C=O) groups is 2. The predicted octanol–water partition coefficient (Wildman–Crippen LogP) is -1.26. The van der Waals surface area contributed by atoms with E-state index in [0.29, 0.717) is 0 Å². The molecule has 0 bridgehead atoms. The van der Waals surface area contributed by atoms with Gasteiger partial charge in [-0.1, -0.05) is 5.92 Å². The Hall–Kier alpha value is -3.10. The highest BCUT2D eigenvalue weighted by molar-refractivity contribution is 5.67. The molecule has 146 valence electrons. The Kier molecular flexibility index (Phi) is 6.75. The summed E-state index contributed by atoms with van der Waals surface area (Å²) in [5.74, 6) is 1.61. The van der Waals surface area contributed by atoms with Gasteiger partial charge in [-0.15, -0.1) is 6.42 Å². The van der Waals surface area contributed by atoms with Gasteiger partial charge in [0, 0.05) is 26.3 Å². The topological polar surface area (TPSA) is 138 Å². The molecule has 4 atom stereocenters. The fraction of sp³-hybridized carbons (Fsp3) is 0.500. The van der Waals surface area contributed by atoms with Gasteiger partial charge in [0.05, 0.1) is 6.54 Å². The van der Waals surface area contributed by atoms with Crippen LogP contribution in [0.15, 0.2) is 21.9 Å². The lowest BCUT2D eigenvalue weighted by molar-refractivity contribution is -0.154. The zero-order chi connectivity index (χ0) is 20.0. The number of carbonyl (C=O) groups excluding carboxylic acids is 2. The fourth-order valence-electron chi connectivity index (χ4n) is 2.61. The monoisotopic (exact) mass is 381 g/mol. The molecule has 0 aliphatic carbocycles. The van der Waals surface area contributed by atoms with Crippen molar-refractivity contribution < 1.29 is 28.5 Å². The first-order valence-corrected chi connectivity index (χ1v) is 7.88. The summed E-state index contributed by atoms with van der Waals surface area (Å²) in [6.45, 7) is 0.889. The molecular weight excluding hydrogens is 362 g/mol. The summed E-state index contributed by atoms with van der Waals surface area (Å²) in [7, 11) is 1.34. The number of methoxy groups -OCH3 is 1. The van der Waals surface area contributed by atoms with Crippen LogP contribution < -0.4 is 16.6 Å². The molecule has 11 heteroatoms. The summed E-state index contributed by atoms with van der Waals surface area (Å²) in [5, 5.41) is 2.31. The lowest BCUT2D eigenvalue weighted by Gasteiger charge is -2.22. The Morgan fingerprint density at radius 1 is 1.41 bits per heavy atom. The maximum Gasteiger partial charge on any atom is 0.407 e. The van der Waals surface area contributed by atoms with Gasteiger partial charge in [-0.25, -0.2) is 9.59 Å². The molecule has 0 saturated carbocycles. The number of rotatable bonds is 6. The van der Waals surface area contributed by atoms with Crippen LogP contribution in [0, 0.1) is 12.3 Å². The number of terminal acetylenes is 1. The van der Waals surface area contributed by atoms with Gasteiger partial charge in [-0.2, -0.15) is 0 Å². The number of alkyl carbamates (subject to hydrolysis) is 1.